The van der Waals surface area contributed by atoms with Gasteiger partial charge in [0.15, 0.2) is 12.6 Å². The molecule has 14 N–H and O–H groups in total. The topological polar surface area (TPSA) is 391 Å². The summed E-state index contributed by atoms with van der Waals surface area (Å²) in [7, 11) is 0. The summed E-state index contributed by atoms with van der Waals surface area (Å²) in [5, 5.41) is 142. The highest BCUT2D eigenvalue weighted by Crippen LogP contribution is 2.28. The van der Waals surface area contributed by atoms with Crippen LogP contribution in [0, 0.1) is 0 Å². The van der Waals surface area contributed by atoms with Crippen LogP contribution in [0.25, 0.3) is 0 Å². The van der Waals surface area contributed by atoms with Crippen LogP contribution in [0.4, 0.5) is 0 Å². The number of aliphatic hydroxyl groups is 14. The molecule has 4 aliphatic rings. The molecule has 20 atom stereocenters. The lowest BCUT2D eigenvalue weighted by Crippen LogP contribution is -2.61. The molecule has 4 heterocycles. The molecule has 0 aliphatic carbocycles. The van der Waals surface area contributed by atoms with Crippen LogP contribution in [0.2, 0.25) is 0 Å². The molecule has 24 nitrogen and oxygen atoms in total. The number of rotatable bonds is 18. The van der Waals surface area contributed by atoms with Gasteiger partial charge in [-0.1, -0.05) is 71.9 Å². The Morgan fingerprint density at radius 3 is 1.01 bits per heavy atom. The maximum absolute atomic E-state index is 12.8. The average Bonchev–Trinajstić information content (AvgIpc) is 3.31. The highest BCUT2D eigenvalue weighted by Gasteiger charge is 2.50. The van der Waals surface area contributed by atoms with E-state index in [0.29, 0.717) is 0 Å². The van der Waals surface area contributed by atoms with Gasteiger partial charge in [-0.25, -0.2) is 9.59 Å². The van der Waals surface area contributed by atoms with Crippen LogP contribution in [0.15, 0.2) is 83.1 Å². The smallest absolute Gasteiger partial charge is 0.336 e. The van der Waals surface area contributed by atoms with E-state index in [4.69, 9.17) is 37.9 Å². The monoisotopic (exact) mass is 976 g/mol. The van der Waals surface area contributed by atoms with Crippen molar-refractivity contribution in [2.24, 2.45) is 0 Å². The number of esters is 2. The summed E-state index contributed by atoms with van der Waals surface area (Å²) in [4.78, 5) is 25.6. The quantitative estimate of drug-likeness (QED) is 0.0347. The lowest BCUT2D eigenvalue weighted by Gasteiger charge is -2.42. The molecule has 0 aromatic carbocycles. The summed E-state index contributed by atoms with van der Waals surface area (Å²) in [6.45, 7) is 3.80. The summed E-state index contributed by atoms with van der Waals surface area (Å²) in [5.74, 6) is -1.86. The van der Waals surface area contributed by atoms with Crippen LogP contribution in [0.1, 0.15) is 27.7 Å². The third-order valence-corrected chi connectivity index (χ3v) is 11.2. The summed E-state index contributed by atoms with van der Waals surface area (Å²) >= 11 is 0. The first-order chi connectivity index (χ1) is 32.1. The molecule has 0 spiro atoms. The van der Waals surface area contributed by atoms with Gasteiger partial charge in [0.05, 0.1) is 26.4 Å². The molecule has 4 saturated heterocycles. The number of carbonyl (C=O) groups excluding carboxylic acids is 2. The Kier molecular flexibility index (Phi) is 22.2. The van der Waals surface area contributed by atoms with E-state index < -0.39 is 161 Å². The third kappa shape index (κ3) is 14.9. The highest BCUT2D eigenvalue weighted by molar-refractivity contribution is 5.88. The van der Waals surface area contributed by atoms with Crippen molar-refractivity contribution in [1.29, 1.82) is 0 Å². The fourth-order valence-corrected chi connectivity index (χ4v) is 6.84. The first-order valence-corrected chi connectivity index (χ1v) is 21.5. The van der Waals surface area contributed by atoms with Crippen molar-refractivity contribution < 1.29 is 119 Å². The molecule has 4 rings (SSSR count). The number of carbonyl (C=O) groups is 2. The van der Waals surface area contributed by atoms with Crippen molar-refractivity contribution in [2.75, 3.05) is 26.4 Å². The number of hydrogen-bond donors (Lipinski definition) is 14. The van der Waals surface area contributed by atoms with Crippen LogP contribution in [-0.2, 0) is 47.5 Å². The Balaban J connectivity index is 1.23. The van der Waals surface area contributed by atoms with E-state index in [2.05, 4.69) is 0 Å². The first kappa shape index (κ1) is 56.9. The zero-order valence-electron chi connectivity index (χ0n) is 37.5. The fourth-order valence-electron chi connectivity index (χ4n) is 6.84. The van der Waals surface area contributed by atoms with Crippen LogP contribution in [0.5, 0.6) is 0 Å². The second-order valence-corrected chi connectivity index (χ2v) is 16.5. The van der Waals surface area contributed by atoms with E-state index >= 15 is 0 Å². The lowest BCUT2D eigenvalue weighted by molar-refractivity contribution is -0.326. The second kappa shape index (κ2) is 26.5. The molecule has 24 heteroatoms. The Bertz CT molecular complexity index is 1730. The van der Waals surface area contributed by atoms with Crippen LogP contribution in [0.3, 0.4) is 0 Å². The van der Waals surface area contributed by atoms with Gasteiger partial charge in [0, 0.05) is 11.1 Å². The van der Waals surface area contributed by atoms with Crippen molar-refractivity contribution in [1.82, 2.24) is 0 Å². The summed E-state index contributed by atoms with van der Waals surface area (Å²) in [6, 6.07) is 0. The molecule has 4 fully saturated rings. The molecular formula is C44H64O24. The highest BCUT2D eigenvalue weighted by atomic mass is 16.8. The van der Waals surface area contributed by atoms with Gasteiger partial charge in [0.25, 0.3) is 0 Å². The molecule has 384 valence electrons. The van der Waals surface area contributed by atoms with Crippen molar-refractivity contribution in [3.05, 3.63) is 83.1 Å². The number of ether oxygens (including phenoxy) is 8. The summed E-state index contributed by atoms with van der Waals surface area (Å²) in [5.41, 5.74) is 1.68. The minimum Gasteiger partial charge on any atom is -0.429 e. The van der Waals surface area contributed by atoms with Gasteiger partial charge in [-0.15, -0.1) is 0 Å². The molecule has 0 radical (unpaired) electrons. The van der Waals surface area contributed by atoms with E-state index in [1.54, 1.807) is 62.5 Å². The zero-order chi connectivity index (χ0) is 50.6. The minimum absolute atomic E-state index is 0.0726. The number of hydrogen-bond acceptors (Lipinski definition) is 24. The number of allylic oxidation sites excluding steroid dienone is 12. The third-order valence-electron chi connectivity index (χ3n) is 11.2. The fraction of sp³-hybridized carbons (Fsp3) is 0.636. The van der Waals surface area contributed by atoms with E-state index in [9.17, 15) is 81.1 Å². The molecule has 4 aliphatic heterocycles. The molecule has 0 bridgehead atoms. The maximum Gasteiger partial charge on any atom is 0.336 e. The molecule has 0 amide bonds. The molecule has 0 aromatic rings. The minimum atomic E-state index is -1.86. The maximum atomic E-state index is 12.8. The number of aliphatic hydroxyl groups excluding tert-OH is 14. The summed E-state index contributed by atoms with van der Waals surface area (Å²) in [6.07, 6.45) is -16.8. The van der Waals surface area contributed by atoms with E-state index in [1.165, 1.54) is 26.0 Å². The van der Waals surface area contributed by atoms with Gasteiger partial charge in [0.2, 0.25) is 12.6 Å². The van der Waals surface area contributed by atoms with Gasteiger partial charge in [-0.3, -0.25) is 0 Å². The first-order valence-electron chi connectivity index (χ1n) is 21.5. The van der Waals surface area contributed by atoms with E-state index in [-0.39, 0.29) is 11.1 Å². The van der Waals surface area contributed by atoms with Crippen LogP contribution < -0.4 is 0 Å². The summed E-state index contributed by atoms with van der Waals surface area (Å²) < 4.78 is 42.7. The van der Waals surface area contributed by atoms with Crippen molar-refractivity contribution >= 4 is 11.9 Å². The van der Waals surface area contributed by atoms with Crippen molar-refractivity contribution in [2.45, 2.75) is 151 Å². The van der Waals surface area contributed by atoms with Gasteiger partial charge in [-0.2, -0.15) is 0 Å². The van der Waals surface area contributed by atoms with E-state index in [1.807, 2.05) is 0 Å². The standard InChI is InChI=1S/C44H64O24/c1-19(11-7-13-21(3)39(59)67-43-37(57)33(53)29(49)25(65-43)17-61-41-35(55)31(51)27(47)23(15-45)63-41)9-5-6-10-20(2)12-8-14-22(4)40(60)68-44-38(58)34(54)30(50)26(66-44)18-62-42-36(56)32(52)28(48)24(16-46)64-42/h5-14,23-38,41-58H,15-18H2,1-4H3/b6-5+,11-7+,12-8+,19-9+,20-10+,21-13+,22-14+/t23-,24-,25-,26-,27-,28-,29-,30-,31+,32+,33+,34+,35+,36+,37-,38-,41-,42-,43+,44+/m1/s1. The Morgan fingerprint density at radius 1 is 0.397 bits per heavy atom. The zero-order valence-corrected chi connectivity index (χ0v) is 37.5. The molecule has 0 aromatic heterocycles. The largest absolute Gasteiger partial charge is 0.429 e. The van der Waals surface area contributed by atoms with Crippen LogP contribution in [-0.4, -0.2) is 233 Å². The molecular weight excluding hydrogens is 912 g/mol. The average molecular weight is 977 g/mol. The Labute approximate surface area is 390 Å². The van der Waals surface area contributed by atoms with Gasteiger partial charge in [0.1, 0.15) is 97.7 Å². The SMILES string of the molecule is CC(/C=C/C=C(\C)C(=O)O[C@@H]1O[C@H](CO[C@@H]2O[C@H](CO)[C@@H](O)[C@H](O)[C@@H]2O)[C@@H](O)[C@H](O)[C@H]1O)=C\C=C\C=C(C)\C=C\C=C(/C)C(=O)O[C@@H]1O[C@H](CO[C@@H]2O[C@H](CO)[C@@H](O)[C@H](O)[C@@H]2O)[C@@H](O)[C@H](O)[C@H]1O. The Morgan fingerprint density at radius 2 is 0.691 bits per heavy atom. The predicted octanol–water partition coefficient (Wildman–Crippen LogP) is -5.23. The molecule has 0 unspecified atom stereocenters. The van der Waals surface area contributed by atoms with E-state index in [0.717, 1.165) is 11.1 Å². The van der Waals surface area contributed by atoms with Gasteiger partial charge < -0.3 is 109 Å². The Hall–Kier alpha value is -3.68. The van der Waals surface area contributed by atoms with Crippen molar-refractivity contribution in [3.8, 4) is 0 Å². The molecule has 0 saturated carbocycles. The normalized spacial score (nSPS) is 40.3. The predicted molar refractivity (Wildman–Crippen MR) is 227 cm³/mol. The van der Waals surface area contributed by atoms with Gasteiger partial charge >= 0.3 is 11.9 Å². The van der Waals surface area contributed by atoms with Crippen LogP contribution >= 0.6 is 0 Å². The van der Waals surface area contributed by atoms with Crippen molar-refractivity contribution in [3.63, 3.8) is 0 Å². The van der Waals surface area contributed by atoms with Gasteiger partial charge in [-0.05, 0) is 27.7 Å². The second-order valence-electron chi connectivity index (χ2n) is 16.5. The molecule has 68 heavy (non-hydrogen) atoms. The lowest BCUT2D eigenvalue weighted by atomic mass is 9.98.